The maximum absolute atomic E-state index is 9.40. The number of hydrogen-bond acceptors (Lipinski definition) is 3. The highest BCUT2D eigenvalue weighted by Crippen LogP contribution is 2.35. The Hall–Kier alpha value is -1.50. The number of halogens is 1. The smallest absolute Gasteiger partial charge is 0.101 e. The Morgan fingerprint density at radius 3 is 2.75 bits per heavy atom. The number of nitrogens with zero attached hydrogens (tertiary/aromatic N) is 2. The van der Waals surface area contributed by atoms with Crippen LogP contribution in [0.1, 0.15) is 29.5 Å². The lowest BCUT2D eigenvalue weighted by molar-refractivity contribution is 0.795. The molecule has 1 aromatic carbocycles. The maximum Gasteiger partial charge on any atom is 0.101 e. The minimum absolute atomic E-state index is 0.447. The van der Waals surface area contributed by atoms with Crippen molar-refractivity contribution in [3.05, 3.63) is 51.7 Å². The van der Waals surface area contributed by atoms with Gasteiger partial charge in [0.25, 0.3) is 0 Å². The number of anilines is 1. The second-order valence-electron chi connectivity index (χ2n) is 5.09. The summed E-state index contributed by atoms with van der Waals surface area (Å²) >= 11 is 7.57. The first-order chi connectivity index (χ1) is 9.81. The minimum atomic E-state index is 0.447. The average molecular weight is 303 g/mol. The molecule has 1 aliphatic rings. The molecule has 1 aromatic heterocycles. The van der Waals surface area contributed by atoms with Crippen molar-refractivity contribution in [2.45, 2.75) is 31.3 Å². The van der Waals surface area contributed by atoms with Crippen LogP contribution in [0.15, 0.2) is 35.0 Å². The summed E-state index contributed by atoms with van der Waals surface area (Å²) in [4.78, 5) is 2.36. The van der Waals surface area contributed by atoms with E-state index < -0.39 is 0 Å². The maximum atomic E-state index is 9.40. The Morgan fingerprint density at radius 1 is 1.30 bits per heavy atom. The molecule has 1 fully saturated rings. The molecule has 3 rings (SSSR count). The van der Waals surface area contributed by atoms with Gasteiger partial charge in [0.05, 0.1) is 11.3 Å². The zero-order valence-corrected chi connectivity index (χ0v) is 12.6. The molecule has 20 heavy (non-hydrogen) atoms. The molecule has 0 unspecified atom stereocenters. The molecule has 1 saturated carbocycles. The number of benzene rings is 1. The highest BCUT2D eigenvalue weighted by Gasteiger charge is 2.30. The molecule has 0 spiro atoms. The molecule has 102 valence electrons. The quantitative estimate of drug-likeness (QED) is 0.759. The molecular formula is C16H15ClN2S. The lowest BCUT2D eigenvalue weighted by Crippen LogP contribution is -2.25. The van der Waals surface area contributed by atoms with Crippen molar-refractivity contribution in [2.75, 3.05) is 4.90 Å². The zero-order chi connectivity index (χ0) is 13.9. The normalized spacial score (nSPS) is 14.0. The fourth-order valence-corrected chi connectivity index (χ4v) is 3.21. The van der Waals surface area contributed by atoms with Gasteiger partial charge in [-0.2, -0.15) is 16.6 Å². The molecule has 1 aliphatic carbocycles. The Labute approximate surface area is 128 Å². The molecule has 0 aliphatic heterocycles. The summed E-state index contributed by atoms with van der Waals surface area (Å²) in [7, 11) is 0. The van der Waals surface area contributed by atoms with E-state index in [1.165, 1.54) is 18.4 Å². The molecular weight excluding hydrogens is 288 g/mol. The summed E-state index contributed by atoms with van der Waals surface area (Å²) in [5.74, 6) is 0.447. The van der Waals surface area contributed by atoms with Crippen LogP contribution in [0.4, 0.5) is 5.69 Å². The van der Waals surface area contributed by atoms with Crippen LogP contribution in [0.3, 0.4) is 0 Å². The van der Waals surface area contributed by atoms with E-state index in [0.717, 1.165) is 23.4 Å². The number of thiophene rings is 1. The van der Waals surface area contributed by atoms with Gasteiger partial charge in [0.1, 0.15) is 6.07 Å². The van der Waals surface area contributed by atoms with E-state index in [4.69, 9.17) is 11.6 Å². The van der Waals surface area contributed by atoms with Crippen molar-refractivity contribution in [3.63, 3.8) is 0 Å². The van der Waals surface area contributed by atoms with Crippen LogP contribution in [0, 0.1) is 11.3 Å². The van der Waals surface area contributed by atoms with Crippen molar-refractivity contribution in [3.8, 4) is 6.07 Å². The van der Waals surface area contributed by atoms with E-state index in [1.54, 1.807) is 11.3 Å². The van der Waals surface area contributed by atoms with E-state index >= 15 is 0 Å². The van der Waals surface area contributed by atoms with Gasteiger partial charge in [0, 0.05) is 18.5 Å². The van der Waals surface area contributed by atoms with Crippen molar-refractivity contribution < 1.29 is 0 Å². The van der Waals surface area contributed by atoms with Crippen molar-refractivity contribution in [1.82, 2.24) is 0 Å². The number of rotatable bonds is 5. The number of alkyl halides is 1. The van der Waals surface area contributed by atoms with E-state index in [-0.39, 0.29) is 0 Å². The Balaban J connectivity index is 1.93. The van der Waals surface area contributed by atoms with Crippen LogP contribution >= 0.6 is 22.9 Å². The standard InChI is InChI=1S/C16H15ClN2S/c17-8-12-1-4-16(14(7-12)9-18)19(15-2-3-15)10-13-5-6-20-11-13/h1,4-7,11,15H,2-3,8,10H2. The highest BCUT2D eigenvalue weighted by molar-refractivity contribution is 7.07. The first-order valence-electron chi connectivity index (χ1n) is 6.68. The molecule has 1 heterocycles. The van der Waals surface area contributed by atoms with Gasteiger partial charge in [-0.1, -0.05) is 6.07 Å². The summed E-state index contributed by atoms with van der Waals surface area (Å²) < 4.78 is 0. The average Bonchev–Trinajstić information content (AvgIpc) is 3.21. The van der Waals surface area contributed by atoms with Gasteiger partial charge in [0.15, 0.2) is 0 Å². The van der Waals surface area contributed by atoms with Gasteiger partial charge < -0.3 is 4.90 Å². The molecule has 0 saturated heterocycles. The summed E-state index contributed by atoms with van der Waals surface area (Å²) in [5, 5.41) is 13.7. The molecule has 0 amide bonds. The third-order valence-corrected chi connectivity index (χ3v) is 4.61. The van der Waals surface area contributed by atoms with Gasteiger partial charge in [0.2, 0.25) is 0 Å². The summed E-state index contributed by atoms with van der Waals surface area (Å²) in [6, 6.07) is 11.0. The molecule has 0 atom stereocenters. The second kappa shape index (κ2) is 5.87. The van der Waals surface area contributed by atoms with Crippen molar-refractivity contribution in [1.29, 1.82) is 5.26 Å². The molecule has 2 nitrogen and oxygen atoms in total. The van der Waals surface area contributed by atoms with Crippen LogP contribution in [0.25, 0.3) is 0 Å². The van der Waals surface area contributed by atoms with Crippen molar-refractivity contribution >= 4 is 28.6 Å². The number of nitriles is 1. The molecule has 4 heteroatoms. The topological polar surface area (TPSA) is 27.0 Å². The first-order valence-corrected chi connectivity index (χ1v) is 8.16. The lowest BCUT2D eigenvalue weighted by Gasteiger charge is -2.25. The van der Waals surface area contributed by atoms with Gasteiger partial charge >= 0.3 is 0 Å². The molecule has 2 aromatic rings. The van der Waals surface area contributed by atoms with Crippen LogP contribution in [-0.4, -0.2) is 6.04 Å². The Morgan fingerprint density at radius 2 is 2.15 bits per heavy atom. The van der Waals surface area contributed by atoms with E-state index in [2.05, 4.69) is 27.8 Å². The summed E-state index contributed by atoms with van der Waals surface area (Å²) in [5.41, 5.74) is 4.07. The monoisotopic (exact) mass is 302 g/mol. The fraction of sp³-hybridized carbons (Fsp3) is 0.312. The largest absolute Gasteiger partial charge is 0.363 e. The lowest BCUT2D eigenvalue weighted by atomic mass is 10.1. The van der Waals surface area contributed by atoms with E-state index in [1.807, 2.05) is 18.2 Å². The van der Waals surface area contributed by atoms with Gasteiger partial charge in [-0.3, -0.25) is 0 Å². The first kappa shape index (κ1) is 13.5. The third kappa shape index (κ3) is 2.82. The number of hydrogen-bond donors (Lipinski definition) is 0. The highest BCUT2D eigenvalue weighted by atomic mass is 35.5. The second-order valence-corrected chi connectivity index (χ2v) is 6.13. The summed E-state index contributed by atoms with van der Waals surface area (Å²) in [6.45, 7) is 0.878. The van der Waals surface area contributed by atoms with Crippen LogP contribution < -0.4 is 4.90 Å². The van der Waals surface area contributed by atoms with Gasteiger partial charge in [-0.05, 0) is 52.9 Å². The summed E-state index contributed by atoms with van der Waals surface area (Å²) in [6.07, 6.45) is 2.43. The molecule has 0 radical (unpaired) electrons. The minimum Gasteiger partial charge on any atom is -0.363 e. The molecule has 0 N–H and O–H groups in total. The third-order valence-electron chi connectivity index (χ3n) is 3.57. The fourth-order valence-electron chi connectivity index (χ4n) is 2.38. The van der Waals surface area contributed by atoms with E-state index in [9.17, 15) is 5.26 Å². The van der Waals surface area contributed by atoms with Crippen molar-refractivity contribution in [2.24, 2.45) is 0 Å². The zero-order valence-electron chi connectivity index (χ0n) is 11.1. The predicted octanol–water partition coefficient (Wildman–Crippen LogP) is 4.53. The van der Waals surface area contributed by atoms with E-state index in [0.29, 0.717) is 11.9 Å². The van der Waals surface area contributed by atoms with Gasteiger partial charge in [-0.15, -0.1) is 11.6 Å². The SMILES string of the molecule is N#Cc1cc(CCl)ccc1N(Cc1ccsc1)C1CC1. The predicted molar refractivity (Wildman–Crippen MR) is 84.2 cm³/mol. The molecule has 0 bridgehead atoms. The van der Waals surface area contributed by atoms with Crippen LogP contribution in [-0.2, 0) is 12.4 Å². The van der Waals surface area contributed by atoms with Crippen LogP contribution in [0.5, 0.6) is 0 Å². The van der Waals surface area contributed by atoms with Gasteiger partial charge in [-0.25, -0.2) is 0 Å². The Bertz CT molecular complexity index is 626. The van der Waals surface area contributed by atoms with Crippen LogP contribution in [0.2, 0.25) is 0 Å². The Kier molecular flexibility index (Phi) is 3.95.